The minimum atomic E-state index is 0.0716. The van der Waals surface area contributed by atoms with Crippen molar-refractivity contribution in [1.29, 1.82) is 0 Å². The molecule has 4 heteroatoms. The third-order valence-electron chi connectivity index (χ3n) is 3.56. The molecule has 2 aromatic rings. The Morgan fingerprint density at radius 2 is 1.83 bits per heavy atom. The molecule has 0 radical (unpaired) electrons. The molecule has 1 aliphatic carbocycles. The van der Waals surface area contributed by atoms with E-state index in [1.54, 1.807) is 12.1 Å². The number of H-pyrrole nitrogens is 1. The fourth-order valence-electron chi connectivity index (χ4n) is 2.69. The Bertz CT molecular complexity index is 676. The molecule has 18 heavy (non-hydrogen) atoms. The maximum absolute atomic E-state index is 12.5. The van der Waals surface area contributed by atoms with E-state index < -0.39 is 0 Å². The maximum Gasteiger partial charge on any atom is 0.194 e. The lowest BCUT2D eigenvalue weighted by Crippen LogP contribution is -2.14. The molecule has 1 aromatic heterocycles. The van der Waals surface area contributed by atoms with Crippen LogP contribution in [0.25, 0.3) is 10.9 Å². The van der Waals surface area contributed by atoms with Crippen LogP contribution in [0.4, 0.5) is 0 Å². The zero-order valence-electron chi connectivity index (χ0n) is 9.85. The number of pyridine rings is 1. The van der Waals surface area contributed by atoms with E-state index in [4.69, 9.17) is 23.2 Å². The van der Waals surface area contributed by atoms with Gasteiger partial charge in [-0.05, 0) is 37.8 Å². The Balaban J connectivity index is 2.38. The van der Waals surface area contributed by atoms with Gasteiger partial charge in [0.2, 0.25) is 0 Å². The molecule has 1 heterocycles. The van der Waals surface area contributed by atoms with Crippen molar-refractivity contribution in [3.8, 4) is 0 Å². The molecule has 0 saturated heterocycles. The largest absolute Gasteiger partial charge is 0.358 e. The molecule has 0 spiro atoms. The lowest BCUT2D eigenvalue weighted by atomic mass is 10.0. The third kappa shape index (κ3) is 1.94. The Kier molecular flexibility index (Phi) is 3.08. The van der Waals surface area contributed by atoms with Gasteiger partial charge in [-0.1, -0.05) is 29.6 Å². The smallest absolute Gasteiger partial charge is 0.194 e. The molecule has 94 valence electrons. The molecular formula is C14H13Cl2NO. The summed E-state index contributed by atoms with van der Waals surface area (Å²) in [7, 11) is 0. The molecule has 1 aromatic carbocycles. The zero-order valence-corrected chi connectivity index (χ0v) is 11.4. The van der Waals surface area contributed by atoms with Crippen LogP contribution >= 0.6 is 23.2 Å². The molecule has 2 nitrogen and oxygen atoms in total. The fraction of sp³-hybridized carbons (Fsp3) is 0.357. The number of aromatic amines is 1. The van der Waals surface area contributed by atoms with Gasteiger partial charge >= 0.3 is 0 Å². The second kappa shape index (κ2) is 4.60. The molecule has 3 rings (SSSR count). The number of fused-ring (bicyclic) bond motifs is 2. The molecule has 0 bridgehead atoms. The van der Waals surface area contributed by atoms with Crippen LogP contribution in [-0.4, -0.2) is 4.98 Å². The van der Waals surface area contributed by atoms with Gasteiger partial charge in [-0.25, -0.2) is 0 Å². The van der Waals surface area contributed by atoms with E-state index in [2.05, 4.69) is 4.98 Å². The maximum atomic E-state index is 12.5. The Morgan fingerprint density at radius 3 is 2.67 bits per heavy atom. The monoisotopic (exact) mass is 281 g/mol. The molecule has 0 atom stereocenters. The predicted molar refractivity (Wildman–Crippen MR) is 75.8 cm³/mol. The number of rotatable bonds is 0. The minimum Gasteiger partial charge on any atom is -0.358 e. The van der Waals surface area contributed by atoms with E-state index in [1.807, 2.05) is 0 Å². The van der Waals surface area contributed by atoms with Crippen LogP contribution in [0.2, 0.25) is 10.0 Å². The van der Waals surface area contributed by atoms with Crippen LogP contribution in [0.1, 0.15) is 30.5 Å². The van der Waals surface area contributed by atoms with Crippen LogP contribution in [0.15, 0.2) is 16.9 Å². The van der Waals surface area contributed by atoms with Crippen molar-refractivity contribution in [2.75, 3.05) is 0 Å². The summed E-state index contributed by atoms with van der Waals surface area (Å²) in [5, 5.41) is 1.56. The van der Waals surface area contributed by atoms with Gasteiger partial charge in [0, 0.05) is 16.3 Å². The highest BCUT2D eigenvalue weighted by atomic mass is 35.5. The summed E-state index contributed by atoms with van der Waals surface area (Å²) in [4.78, 5) is 15.9. The van der Waals surface area contributed by atoms with Crippen molar-refractivity contribution in [3.05, 3.63) is 43.7 Å². The topological polar surface area (TPSA) is 32.9 Å². The van der Waals surface area contributed by atoms with E-state index >= 15 is 0 Å². The number of hydrogen-bond donors (Lipinski definition) is 1. The van der Waals surface area contributed by atoms with Crippen LogP contribution in [-0.2, 0) is 12.8 Å². The van der Waals surface area contributed by atoms with Crippen LogP contribution in [0.3, 0.4) is 0 Å². The van der Waals surface area contributed by atoms with E-state index in [1.165, 1.54) is 6.42 Å². The molecule has 0 unspecified atom stereocenters. The fourth-order valence-corrected chi connectivity index (χ4v) is 3.27. The van der Waals surface area contributed by atoms with Crippen LogP contribution in [0.5, 0.6) is 0 Å². The third-order valence-corrected chi connectivity index (χ3v) is 4.08. The van der Waals surface area contributed by atoms with Crippen molar-refractivity contribution >= 4 is 34.1 Å². The van der Waals surface area contributed by atoms with Gasteiger partial charge in [0.1, 0.15) is 0 Å². The van der Waals surface area contributed by atoms with Gasteiger partial charge in [-0.15, -0.1) is 0 Å². The van der Waals surface area contributed by atoms with Gasteiger partial charge in [0.15, 0.2) is 5.43 Å². The number of aryl methyl sites for hydroxylation is 1. The highest BCUT2D eigenvalue weighted by Crippen LogP contribution is 2.27. The Labute approximate surface area is 115 Å². The van der Waals surface area contributed by atoms with Crippen molar-refractivity contribution in [3.63, 3.8) is 0 Å². The Hall–Kier alpha value is -0.990. The zero-order chi connectivity index (χ0) is 12.7. The first-order chi connectivity index (χ1) is 8.66. The summed E-state index contributed by atoms with van der Waals surface area (Å²) in [6.45, 7) is 0. The molecule has 0 aliphatic heterocycles. The van der Waals surface area contributed by atoms with Crippen molar-refractivity contribution < 1.29 is 0 Å². The minimum absolute atomic E-state index is 0.0716. The molecular weight excluding hydrogens is 269 g/mol. The summed E-state index contributed by atoms with van der Waals surface area (Å²) >= 11 is 12.1. The highest BCUT2D eigenvalue weighted by Gasteiger charge is 2.16. The normalized spacial score (nSPS) is 15.4. The van der Waals surface area contributed by atoms with E-state index in [0.717, 1.165) is 42.5 Å². The second-order valence-corrected chi connectivity index (χ2v) is 5.63. The molecule has 0 fully saturated rings. The van der Waals surface area contributed by atoms with Crippen LogP contribution in [0, 0.1) is 0 Å². The quantitative estimate of drug-likeness (QED) is 0.725. The standard InChI is InChI=1S/C14H13Cl2NO/c15-8-6-10(16)13-12(7-8)17-11-5-3-1-2-4-9(11)14(13)18/h6-7H,1-5H2,(H,17,18). The first-order valence-corrected chi connectivity index (χ1v) is 6.95. The summed E-state index contributed by atoms with van der Waals surface area (Å²) in [5.74, 6) is 0. The van der Waals surface area contributed by atoms with E-state index in [-0.39, 0.29) is 5.43 Å². The van der Waals surface area contributed by atoms with Gasteiger partial charge in [0.25, 0.3) is 0 Å². The summed E-state index contributed by atoms with van der Waals surface area (Å²) < 4.78 is 0. The molecule has 0 saturated carbocycles. The number of halogens is 2. The highest BCUT2D eigenvalue weighted by molar-refractivity contribution is 6.38. The molecule has 0 amide bonds. The first-order valence-electron chi connectivity index (χ1n) is 6.19. The predicted octanol–water partition coefficient (Wildman–Crippen LogP) is 4.10. The van der Waals surface area contributed by atoms with E-state index in [9.17, 15) is 4.79 Å². The van der Waals surface area contributed by atoms with Gasteiger partial charge < -0.3 is 4.98 Å². The van der Waals surface area contributed by atoms with Crippen LogP contribution < -0.4 is 5.43 Å². The number of hydrogen-bond acceptors (Lipinski definition) is 1. The van der Waals surface area contributed by atoms with Gasteiger partial charge in [-0.3, -0.25) is 4.79 Å². The lowest BCUT2D eigenvalue weighted by molar-refractivity contribution is 0.708. The van der Waals surface area contributed by atoms with Gasteiger partial charge in [-0.2, -0.15) is 0 Å². The average molecular weight is 282 g/mol. The number of nitrogens with one attached hydrogen (secondary N) is 1. The number of aromatic nitrogens is 1. The summed E-state index contributed by atoms with van der Waals surface area (Å²) in [5.41, 5.74) is 2.79. The average Bonchev–Trinajstić information content (AvgIpc) is 2.53. The lowest BCUT2D eigenvalue weighted by Gasteiger charge is -2.09. The van der Waals surface area contributed by atoms with Crippen molar-refractivity contribution in [2.45, 2.75) is 32.1 Å². The SMILES string of the molecule is O=c1c2c([nH]c3cc(Cl)cc(Cl)c13)CCCCC2. The number of benzene rings is 1. The van der Waals surface area contributed by atoms with Crippen molar-refractivity contribution in [1.82, 2.24) is 4.98 Å². The van der Waals surface area contributed by atoms with Crippen molar-refractivity contribution in [2.24, 2.45) is 0 Å². The second-order valence-electron chi connectivity index (χ2n) is 4.78. The van der Waals surface area contributed by atoms with Gasteiger partial charge in [0.05, 0.1) is 15.9 Å². The summed E-state index contributed by atoms with van der Waals surface area (Å²) in [6, 6.07) is 3.40. The van der Waals surface area contributed by atoms with E-state index in [0.29, 0.717) is 15.4 Å². The first kappa shape index (κ1) is 12.1. The summed E-state index contributed by atoms with van der Waals surface area (Å²) in [6.07, 6.45) is 5.16. The molecule has 1 aliphatic rings. The Morgan fingerprint density at radius 1 is 1.06 bits per heavy atom. The molecule has 1 N–H and O–H groups in total.